The van der Waals surface area contributed by atoms with E-state index in [0.29, 0.717) is 23.7 Å². The Morgan fingerprint density at radius 1 is 1.24 bits per heavy atom. The zero-order valence-corrected chi connectivity index (χ0v) is 14.0. The highest BCUT2D eigenvalue weighted by Crippen LogP contribution is 2.25. The molecule has 1 aliphatic heterocycles. The summed E-state index contributed by atoms with van der Waals surface area (Å²) in [5, 5.41) is 0.484. The standard InChI is InChI=1S/C16H12ClFINO/c17-15-4-2-12(18)7-11(15)9-20-6-5-10-1-3-13(19)8-14(10)16(20)21/h1-4,7-8H,5-6,9H2. The molecular weight excluding hydrogens is 404 g/mol. The van der Waals surface area contributed by atoms with Crippen molar-refractivity contribution in [2.24, 2.45) is 0 Å². The normalized spacial score (nSPS) is 14.2. The molecule has 0 saturated heterocycles. The van der Waals surface area contributed by atoms with Crippen LogP contribution in [0.5, 0.6) is 0 Å². The van der Waals surface area contributed by atoms with Crippen molar-refractivity contribution < 1.29 is 9.18 Å². The van der Waals surface area contributed by atoms with Crippen LogP contribution in [0.15, 0.2) is 36.4 Å². The first kappa shape index (κ1) is 14.8. The largest absolute Gasteiger partial charge is 0.334 e. The second kappa shape index (κ2) is 5.93. The van der Waals surface area contributed by atoms with Crippen LogP contribution < -0.4 is 0 Å². The molecule has 0 aliphatic carbocycles. The molecule has 1 amide bonds. The van der Waals surface area contributed by atoms with Gasteiger partial charge < -0.3 is 4.90 Å². The second-order valence-corrected chi connectivity index (χ2v) is 6.67. The summed E-state index contributed by atoms with van der Waals surface area (Å²) in [6, 6.07) is 10.1. The number of fused-ring (bicyclic) bond motifs is 1. The molecule has 0 N–H and O–H groups in total. The van der Waals surface area contributed by atoms with Crippen molar-refractivity contribution in [1.82, 2.24) is 4.90 Å². The highest BCUT2D eigenvalue weighted by Gasteiger charge is 2.25. The molecule has 0 atom stereocenters. The summed E-state index contributed by atoms with van der Waals surface area (Å²) in [4.78, 5) is 14.3. The highest BCUT2D eigenvalue weighted by atomic mass is 127. The summed E-state index contributed by atoms with van der Waals surface area (Å²) in [6.07, 6.45) is 0.810. The first-order valence-electron chi connectivity index (χ1n) is 6.56. The molecule has 0 saturated carbocycles. The molecule has 0 radical (unpaired) electrons. The van der Waals surface area contributed by atoms with Crippen LogP contribution in [-0.2, 0) is 13.0 Å². The van der Waals surface area contributed by atoms with Crippen molar-refractivity contribution >= 4 is 40.1 Å². The topological polar surface area (TPSA) is 20.3 Å². The van der Waals surface area contributed by atoms with Gasteiger partial charge in [-0.15, -0.1) is 0 Å². The minimum atomic E-state index is -0.339. The van der Waals surface area contributed by atoms with Gasteiger partial charge in [0.25, 0.3) is 5.91 Å². The second-order valence-electron chi connectivity index (χ2n) is 5.01. The molecule has 108 valence electrons. The summed E-state index contributed by atoms with van der Waals surface area (Å²) >= 11 is 8.28. The Hall–Kier alpha value is -1.14. The third-order valence-electron chi connectivity index (χ3n) is 3.61. The van der Waals surface area contributed by atoms with Gasteiger partial charge in [0.15, 0.2) is 0 Å². The third-order valence-corrected chi connectivity index (χ3v) is 4.65. The van der Waals surface area contributed by atoms with E-state index in [1.165, 1.54) is 18.2 Å². The Morgan fingerprint density at radius 3 is 2.86 bits per heavy atom. The van der Waals surface area contributed by atoms with E-state index in [2.05, 4.69) is 22.6 Å². The van der Waals surface area contributed by atoms with Crippen LogP contribution in [0.1, 0.15) is 21.5 Å². The Labute approximate surface area is 141 Å². The summed E-state index contributed by atoms with van der Waals surface area (Å²) < 4.78 is 14.4. The zero-order chi connectivity index (χ0) is 15.0. The van der Waals surface area contributed by atoms with E-state index in [9.17, 15) is 9.18 Å². The Kier molecular flexibility index (Phi) is 4.17. The van der Waals surface area contributed by atoms with Gasteiger partial charge in [-0.1, -0.05) is 17.7 Å². The van der Waals surface area contributed by atoms with Crippen molar-refractivity contribution in [3.63, 3.8) is 0 Å². The molecule has 1 heterocycles. The minimum absolute atomic E-state index is 0.0184. The molecule has 2 aromatic rings. The quantitative estimate of drug-likeness (QED) is 0.671. The van der Waals surface area contributed by atoms with Crippen LogP contribution in [-0.4, -0.2) is 17.4 Å². The number of benzene rings is 2. The van der Waals surface area contributed by atoms with Crippen molar-refractivity contribution in [2.45, 2.75) is 13.0 Å². The van der Waals surface area contributed by atoms with E-state index >= 15 is 0 Å². The van der Waals surface area contributed by atoms with E-state index in [1.807, 2.05) is 18.2 Å². The lowest BCUT2D eigenvalue weighted by molar-refractivity contribution is 0.0727. The lowest BCUT2D eigenvalue weighted by Gasteiger charge is -2.29. The van der Waals surface area contributed by atoms with Gasteiger partial charge in [-0.3, -0.25) is 4.79 Å². The molecule has 21 heavy (non-hydrogen) atoms. The first-order valence-corrected chi connectivity index (χ1v) is 8.02. The number of halogens is 3. The van der Waals surface area contributed by atoms with Gasteiger partial charge in [0.1, 0.15) is 5.82 Å². The molecular formula is C16H12ClFINO. The molecule has 5 heteroatoms. The van der Waals surface area contributed by atoms with E-state index in [1.54, 1.807) is 4.90 Å². The average Bonchev–Trinajstić information content (AvgIpc) is 2.46. The molecule has 2 nitrogen and oxygen atoms in total. The maximum atomic E-state index is 13.3. The SMILES string of the molecule is O=C1c2cc(I)ccc2CCN1Cc1cc(F)ccc1Cl. The van der Waals surface area contributed by atoms with Crippen LogP contribution in [0, 0.1) is 9.39 Å². The average molecular weight is 416 g/mol. The molecule has 1 aliphatic rings. The number of amides is 1. The lowest BCUT2D eigenvalue weighted by atomic mass is 9.98. The molecule has 0 unspecified atom stereocenters. The van der Waals surface area contributed by atoms with Crippen LogP contribution in [0.25, 0.3) is 0 Å². The maximum absolute atomic E-state index is 13.3. The van der Waals surface area contributed by atoms with Crippen molar-refractivity contribution in [1.29, 1.82) is 0 Å². The van der Waals surface area contributed by atoms with E-state index in [-0.39, 0.29) is 11.7 Å². The van der Waals surface area contributed by atoms with Gasteiger partial charge >= 0.3 is 0 Å². The zero-order valence-electron chi connectivity index (χ0n) is 11.1. The van der Waals surface area contributed by atoms with Crippen LogP contribution in [0.4, 0.5) is 4.39 Å². The van der Waals surface area contributed by atoms with Crippen molar-refractivity contribution in [3.8, 4) is 0 Å². The fraction of sp³-hybridized carbons (Fsp3) is 0.188. The Bertz CT molecular complexity index is 719. The monoisotopic (exact) mass is 415 g/mol. The summed E-state index contributed by atoms with van der Waals surface area (Å²) in [6.45, 7) is 0.958. The van der Waals surface area contributed by atoms with E-state index < -0.39 is 0 Å². The van der Waals surface area contributed by atoms with Crippen LogP contribution in [0.2, 0.25) is 5.02 Å². The molecule has 0 aromatic heterocycles. The van der Waals surface area contributed by atoms with Gasteiger partial charge in [-0.05, 0) is 70.5 Å². The van der Waals surface area contributed by atoms with E-state index in [0.717, 1.165) is 21.1 Å². The fourth-order valence-corrected chi connectivity index (χ4v) is 3.18. The highest BCUT2D eigenvalue weighted by molar-refractivity contribution is 14.1. The lowest BCUT2D eigenvalue weighted by Crippen LogP contribution is -2.37. The molecule has 0 fully saturated rings. The predicted octanol–water partition coefficient (Wildman–Crippen LogP) is 4.28. The number of nitrogens with zero attached hydrogens (tertiary/aromatic N) is 1. The number of carbonyl (C=O) groups is 1. The molecule has 0 bridgehead atoms. The molecule has 0 spiro atoms. The number of rotatable bonds is 2. The molecule has 2 aromatic carbocycles. The van der Waals surface area contributed by atoms with Gasteiger partial charge in [0.05, 0.1) is 0 Å². The Morgan fingerprint density at radius 2 is 2.05 bits per heavy atom. The van der Waals surface area contributed by atoms with Crippen molar-refractivity contribution in [3.05, 3.63) is 67.5 Å². The number of carbonyl (C=O) groups excluding carboxylic acids is 1. The number of hydrogen-bond acceptors (Lipinski definition) is 1. The summed E-state index contributed by atoms with van der Waals surface area (Å²) in [5.74, 6) is -0.357. The Balaban J connectivity index is 1.88. The van der Waals surface area contributed by atoms with Gasteiger partial charge in [0.2, 0.25) is 0 Å². The van der Waals surface area contributed by atoms with Crippen LogP contribution in [0.3, 0.4) is 0 Å². The fourth-order valence-electron chi connectivity index (χ4n) is 2.51. The first-order chi connectivity index (χ1) is 10.0. The third kappa shape index (κ3) is 3.06. The van der Waals surface area contributed by atoms with Crippen LogP contribution >= 0.6 is 34.2 Å². The predicted molar refractivity (Wildman–Crippen MR) is 89.0 cm³/mol. The summed E-state index contributed by atoms with van der Waals surface area (Å²) in [7, 11) is 0. The number of hydrogen-bond donors (Lipinski definition) is 0. The van der Waals surface area contributed by atoms with E-state index in [4.69, 9.17) is 11.6 Å². The minimum Gasteiger partial charge on any atom is -0.334 e. The van der Waals surface area contributed by atoms with Gasteiger partial charge in [-0.25, -0.2) is 4.39 Å². The van der Waals surface area contributed by atoms with Gasteiger partial charge in [-0.2, -0.15) is 0 Å². The maximum Gasteiger partial charge on any atom is 0.254 e. The summed E-state index contributed by atoms with van der Waals surface area (Å²) in [5.41, 5.74) is 2.45. The molecule has 3 rings (SSSR count). The smallest absolute Gasteiger partial charge is 0.254 e. The van der Waals surface area contributed by atoms with Gasteiger partial charge in [0, 0.05) is 27.2 Å². The van der Waals surface area contributed by atoms with Crippen molar-refractivity contribution in [2.75, 3.05) is 6.54 Å².